The molecular formula is C17H23ClN2S. The molecule has 21 heavy (non-hydrogen) atoms. The number of aromatic nitrogens is 1. The monoisotopic (exact) mass is 322 g/mol. The summed E-state index contributed by atoms with van der Waals surface area (Å²) in [4.78, 5) is 1.35. The van der Waals surface area contributed by atoms with Crippen molar-refractivity contribution in [3.8, 4) is 0 Å². The van der Waals surface area contributed by atoms with E-state index < -0.39 is 0 Å². The van der Waals surface area contributed by atoms with E-state index in [1.807, 2.05) is 6.07 Å². The SMILES string of the molecule is Cc1cc2c(n1CCc1ccc(Cl)s1)CC(C)(C)CC2N. The third-order valence-electron chi connectivity index (χ3n) is 4.48. The van der Waals surface area contributed by atoms with Crippen LogP contribution in [0.25, 0.3) is 0 Å². The van der Waals surface area contributed by atoms with Crippen LogP contribution in [0.15, 0.2) is 18.2 Å². The van der Waals surface area contributed by atoms with Gasteiger partial charge >= 0.3 is 0 Å². The van der Waals surface area contributed by atoms with Crippen LogP contribution in [0.1, 0.15) is 48.1 Å². The van der Waals surface area contributed by atoms with Gasteiger partial charge in [0.25, 0.3) is 0 Å². The van der Waals surface area contributed by atoms with Crippen molar-refractivity contribution in [1.82, 2.24) is 4.57 Å². The molecule has 2 N–H and O–H groups in total. The topological polar surface area (TPSA) is 30.9 Å². The number of hydrogen-bond acceptors (Lipinski definition) is 2. The van der Waals surface area contributed by atoms with Crippen LogP contribution >= 0.6 is 22.9 Å². The Kier molecular flexibility index (Phi) is 3.93. The highest BCUT2D eigenvalue weighted by atomic mass is 35.5. The van der Waals surface area contributed by atoms with Crippen molar-refractivity contribution in [1.29, 1.82) is 0 Å². The van der Waals surface area contributed by atoms with Crippen LogP contribution in [0.5, 0.6) is 0 Å². The lowest BCUT2D eigenvalue weighted by Crippen LogP contribution is -2.30. The van der Waals surface area contributed by atoms with Gasteiger partial charge in [0, 0.05) is 28.9 Å². The van der Waals surface area contributed by atoms with E-state index in [9.17, 15) is 0 Å². The number of halogens is 1. The van der Waals surface area contributed by atoms with Crippen LogP contribution < -0.4 is 5.73 Å². The van der Waals surface area contributed by atoms with Crippen molar-refractivity contribution in [3.63, 3.8) is 0 Å². The van der Waals surface area contributed by atoms with Gasteiger partial charge in [-0.1, -0.05) is 25.4 Å². The molecule has 1 aliphatic rings. The Morgan fingerprint density at radius 2 is 2.19 bits per heavy atom. The summed E-state index contributed by atoms with van der Waals surface area (Å²) in [5, 5.41) is 0. The molecule has 2 nitrogen and oxygen atoms in total. The molecular weight excluding hydrogens is 300 g/mol. The number of thiophene rings is 1. The van der Waals surface area contributed by atoms with Gasteiger partial charge in [-0.05, 0) is 55.4 Å². The lowest BCUT2D eigenvalue weighted by molar-refractivity contribution is 0.275. The van der Waals surface area contributed by atoms with E-state index in [0.717, 1.165) is 30.1 Å². The minimum absolute atomic E-state index is 0.180. The van der Waals surface area contributed by atoms with Crippen LogP contribution in [0, 0.1) is 12.3 Å². The first-order valence-electron chi connectivity index (χ1n) is 7.54. The molecule has 0 aromatic carbocycles. The molecule has 0 spiro atoms. The smallest absolute Gasteiger partial charge is 0.0931 e. The molecule has 114 valence electrons. The van der Waals surface area contributed by atoms with Crippen molar-refractivity contribution >= 4 is 22.9 Å². The van der Waals surface area contributed by atoms with E-state index in [-0.39, 0.29) is 6.04 Å². The van der Waals surface area contributed by atoms with Gasteiger partial charge in [-0.25, -0.2) is 0 Å². The summed E-state index contributed by atoms with van der Waals surface area (Å²) in [6.45, 7) is 7.85. The summed E-state index contributed by atoms with van der Waals surface area (Å²) < 4.78 is 3.34. The van der Waals surface area contributed by atoms with Crippen LogP contribution in [0.2, 0.25) is 4.34 Å². The first-order valence-corrected chi connectivity index (χ1v) is 8.74. The Balaban J connectivity index is 1.86. The number of aryl methyl sites for hydroxylation is 2. The lowest BCUT2D eigenvalue weighted by Gasteiger charge is -2.34. The van der Waals surface area contributed by atoms with E-state index in [0.29, 0.717) is 5.41 Å². The summed E-state index contributed by atoms with van der Waals surface area (Å²) in [5.74, 6) is 0. The average Bonchev–Trinajstić information content (AvgIpc) is 2.90. The molecule has 0 saturated carbocycles. The zero-order valence-corrected chi connectivity index (χ0v) is 14.5. The van der Waals surface area contributed by atoms with E-state index >= 15 is 0 Å². The highest BCUT2D eigenvalue weighted by molar-refractivity contribution is 7.16. The second kappa shape index (κ2) is 5.45. The summed E-state index contributed by atoms with van der Waals surface area (Å²) in [7, 11) is 0. The van der Waals surface area contributed by atoms with Crippen LogP contribution in [-0.2, 0) is 19.4 Å². The Morgan fingerprint density at radius 1 is 1.43 bits per heavy atom. The fourth-order valence-electron chi connectivity index (χ4n) is 3.52. The molecule has 2 heterocycles. The molecule has 0 amide bonds. The molecule has 2 aromatic heterocycles. The van der Waals surface area contributed by atoms with Crippen molar-refractivity contribution in [2.75, 3.05) is 0 Å². The van der Waals surface area contributed by atoms with Crippen LogP contribution in [0.3, 0.4) is 0 Å². The molecule has 0 saturated heterocycles. The lowest BCUT2D eigenvalue weighted by atomic mass is 9.74. The predicted octanol–water partition coefficient (Wildman–Crippen LogP) is 4.73. The van der Waals surface area contributed by atoms with E-state index in [1.165, 1.54) is 21.8 Å². The number of hydrogen-bond donors (Lipinski definition) is 1. The maximum absolute atomic E-state index is 6.39. The van der Waals surface area contributed by atoms with Gasteiger partial charge < -0.3 is 10.3 Å². The molecule has 1 atom stereocenters. The first kappa shape index (κ1) is 15.1. The standard InChI is InChI=1S/C17H23ClN2S/c1-11-8-13-14(19)9-17(2,3)10-15(13)20(11)7-6-12-4-5-16(18)21-12/h4-5,8,14H,6-7,9-10,19H2,1-3H3. The van der Waals surface area contributed by atoms with E-state index in [4.69, 9.17) is 17.3 Å². The summed E-state index contributed by atoms with van der Waals surface area (Å²) in [6, 6.07) is 6.59. The zero-order valence-electron chi connectivity index (χ0n) is 12.9. The molecule has 0 bridgehead atoms. The minimum Gasteiger partial charge on any atom is -0.348 e. The van der Waals surface area contributed by atoms with Gasteiger partial charge in [0.05, 0.1) is 4.34 Å². The maximum atomic E-state index is 6.39. The minimum atomic E-state index is 0.180. The van der Waals surface area contributed by atoms with Crippen molar-refractivity contribution in [3.05, 3.63) is 44.4 Å². The highest BCUT2D eigenvalue weighted by Crippen LogP contribution is 2.41. The number of nitrogens with zero attached hydrogens (tertiary/aromatic N) is 1. The largest absolute Gasteiger partial charge is 0.348 e. The van der Waals surface area contributed by atoms with Gasteiger partial charge in [0.2, 0.25) is 0 Å². The third kappa shape index (κ3) is 3.05. The number of rotatable bonds is 3. The Morgan fingerprint density at radius 3 is 2.86 bits per heavy atom. The fourth-order valence-corrected chi connectivity index (χ4v) is 4.60. The summed E-state index contributed by atoms with van der Waals surface area (Å²) in [5.41, 5.74) is 10.8. The number of nitrogens with two attached hydrogens (primary N) is 1. The summed E-state index contributed by atoms with van der Waals surface area (Å²) >= 11 is 7.70. The Hall–Kier alpha value is -0.770. The average molecular weight is 323 g/mol. The molecule has 3 rings (SSSR count). The Bertz CT molecular complexity index is 654. The molecule has 0 aliphatic heterocycles. The first-order chi connectivity index (χ1) is 9.85. The normalized spacial score (nSPS) is 20.5. The van der Waals surface area contributed by atoms with Crippen molar-refractivity contribution in [2.24, 2.45) is 11.1 Å². The number of fused-ring (bicyclic) bond motifs is 1. The van der Waals surface area contributed by atoms with E-state index in [2.05, 4.69) is 37.5 Å². The van der Waals surface area contributed by atoms with Crippen molar-refractivity contribution < 1.29 is 0 Å². The molecule has 1 unspecified atom stereocenters. The second-order valence-electron chi connectivity index (χ2n) is 6.95. The van der Waals surface area contributed by atoms with Gasteiger partial charge in [-0.2, -0.15) is 0 Å². The zero-order chi connectivity index (χ0) is 15.2. The molecule has 0 fully saturated rings. The molecule has 1 aliphatic carbocycles. The predicted molar refractivity (Wildman–Crippen MR) is 91.2 cm³/mol. The fraction of sp³-hybridized carbons (Fsp3) is 0.529. The quantitative estimate of drug-likeness (QED) is 0.870. The second-order valence-corrected chi connectivity index (χ2v) is 8.75. The Labute approximate surface area is 135 Å². The molecule has 4 heteroatoms. The third-order valence-corrected chi connectivity index (χ3v) is 5.77. The molecule has 2 aromatic rings. The van der Waals surface area contributed by atoms with Crippen LogP contribution in [-0.4, -0.2) is 4.57 Å². The van der Waals surface area contributed by atoms with Crippen molar-refractivity contribution in [2.45, 2.75) is 52.6 Å². The summed E-state index contributed by atoms with van der Waals surface area (Å²) in [6.07, 6.45) is 3.23. The van der Waals surface area contributed by atoms with Crippen LogP contribution in [0.4, 0.5) is 0 Å². The highest BCUT2D eigenvalue weighted by Gasteiger charge is 2.33. The van der Waals surface area contributed by atoms with E-state index in [1.54, 1.807) is 11.3 Å². The maximum Gasteiger partial charge on any atom is 0.0931 e. The van der Waals surface area contributed by atoms with Gasteiger partial charge in [-0.15, -0.1) is 11.3 Å². The van der Waals surface area contributed by atoms with Gasteiger partial charge in [0.1, 0.15) is 0 Å². The molecule has 0 radical (unpaired) electrons. The van der Waals surface area contributed by atoms with Gasteiger partial charge in [0.15, 0.2) is 0 Å². The van der Waals surface area contributed by atoms with Gasteiger partial charge in [-0.3, -0.25) is 0 Å².